The maximum atomic E-state index is 11.3. The molecule has 0 atom stereocenters. The highest BCUT2D eigenvalue weighted by Gasteiger charge is 2.27. The van der Waals surface area contributed by atoms with Crippen LogP contribution >= 0.6 is 0 Å². The summed E-state index contributed by atoms with van der Waals surface area (Å²) in [5.41, 5.74) is 0. The molecule has 0 amide bonds. The first-order valence-corrected chi connectivity index (χ1v) is 5.44. The standard InChI is InChI=1S/C12H18O6/c1-16-10(13)8-6-4-5-7-9(11(14)17-2)12(15)18-3/h4,6,9H,5,7-8H2,1-3H3/b6-4+. The topological polar surface area (TPSA) is 78.9 Å². The van der Waals surface area contributed by atoms with Crippen LogP contribution in [0.4, 0.5) is 0 Å². The predicted octanol–water partition coefficient (Wildman–Crippen LogP) is 0.848. The van der Waals surface area contributed by atoms with Crippen LogP contribution in [0.15, 0.2) is 12.2 Å². The summed E-state index contributed by atoms with van der Waals surface area (Å²) >= 11 is 0. The number of carbonyl (C=O) groups is 3. The number of rotatable bonds is 7. The van der Waals surface area contributed by atoms with E-state index < -0.39 is 17.9 Å². The van der Waals surface area contributed by atoms with Crippen molar-refractivity contribution in [1.82, 2.24) is 0 Å². The van der Waals surface area contributed by atoms with Crippen LogP contribution in [0.3, 0.4) is 0 Å². The number of hydrogen-bond donors (Lipinski definition) is 0. The monoisotopic (exact) mass is 258 g/mol. The van der Waals surface area contributed by atoms with Crippen molar-refractivity contribution in [2.45, 2.75) is 19.3 Å². The van der Waals surface area contributed by atoms with Gasteiger partial charge in [0.1, 0.15) is 0 Å². The van der Waals surface area contributed by atoms with Gasteiger partial charge in [-0.2, -0.15) is 0 Å². The highest BCUT2D eigenvalue weighted by molar-refractivity contribution is 5.94. The molecule has 6 nitrogen and oxygen atoms in total. The van der Waals surface area contributed by atoms with Crippen molar-refractivity contribution in [2.24, 2.45) is 5.92 Å². The summed E-state index contributed by atoms with van der Waals surface area (Å²) < 4.78 is 13.5. The van der Waals surface area contributed by atoms with Gasteiger partial charge < -0.3 is 14.2 Å². The van der Waals surface area contributed by atoms with Crippen LogP contribution in [0.2, 0.25) is 0 Å². The Morgan fingerprint density at radius 3 is 1.94 bits per heavy atom. The molecule has 0 unspecified atom stereocenters. The second-order valence-electron chi connectivity index (χ2n) is 3.43. The minimum atomic E-state index is -0.928. The lowest BCUT2D eigenvalue weighted by Gasteiger charge is -2.10. The smallest absolute Gasteiger partial charge is 0.320 e. The van der Waals surface area contributed by atoms with E-state index in [2.05, 4.69) is 14.2 Å². The molecule has 18 heavy (non-hydrogen) atoms. The average molecular weight is 258 g/mol. The molecule has 0 aromatic heterocycles. The molecule has 0 aromatic carbocycles. The van der Waals surface area contributed by atoms with E-state index in [9.17, 15) is 14.4 Å². The lowest BCUT2D eigenvalue weighted by Crippen LogP contribution is -2.26. The Balaban J connectivity index is 4.16. The molecule has 0 fully saturated rings. The van der Waals surface area contributed by atoms with Crippen molar-refractivity contribution in [2.75, 3.05) is 21.3 Å². The second kappa shape index (κ2) is 9.21. The fourth-order valence-corrected chi connectivity index (χ4v) is 1.26. The van der Waals surface area contributed by atoms with Gasteiger partial charge in [0, 0.05) is 0 Å². The molecule has 0 radical (unpaired) electrons. The van der Waals surface area contributed by atoms with Crippen LogP contribution in [-0.4, -0.2) is 39.2 Å². The van der Waals surface area contributed by atoms with Crippen LogP contribution in [-0.2, 0) is 28.6 Å². The molecule has 0 bridgehead atoms. The molecule has 0 N–H and O–H groups in total. The molecule has 0 aliphatic heterocycles. The van der Waals surface area contributed by atoms with Gasteiger partial charge in [0.2, 0.25) is 0 Å². The first kappa shape index (κ1) is 16.1. The molecule has 0 aromatic rings. The van der Waals surface area contributed by atoms with Gasteiger partial charge in [-0.1, -0.05) is 12.2 Å². The normalized spacial score (nSPS) is 10.4. The molecular weight excluding hydrogens is 240 g/mol. The lowest BCUT2D eigenvalue weighted by atomic mass is 10.0. The Labute approximate surface area is 106 Å². The predicted molar refractivity (Wildman–Crippen MR) is 62.5 cm³/mol. The first-order valence-electron chi connectivity index (χ1n) is 5.44. The summed E-state index contributed by atoms with van der Waals surface area (Å²) in [7, 11) is 3.73. The lowest BCUT2D eigenvalue weighted by molar-refractivity contribution is -0.159. The van der Waals surface area contributed by atoms with Crippen LogP contribution < -0.4 is 0 Å². The number of esters is 3. The molecular formula is C12H18O6. The van der Waals surface area contributed by atoms with Crippen LogP contribution in [0.5, 0.6) is 0 Å². The van der Waals surface area contributed by atoms with Gasteiger partial charge in [-0.25, -0.2) is 0 Å². The van der Waals surface area contributed by atoms with Gasteiger partial charge >= 0.3 is 17.9 Å². The Bertz CT molecular complexity index is 305. The van der Waals surface area contributed by atoms with Crippen molar-refractivity contribution < 1.29 is 28.6 Å². The van der Waals surface area contributed by atoms with E-state index in [-0.39, 0.29) is 18.8 Å². The average Bonchev–Trinajstić information content (AvgIpc) is 2.40. The Morgan fingerprint density at radius 1 is 0.944 bits per heavy atom. The van der Waals surface area contributed by atoms with Crippen molar-refractivity contribution >= 4 is 17.9 Å². The minimum Gasteiger partial charge on any atom is -0.469 e. The fourth-order valence-electron chi connectivity index (χ4n) is 1.26. The Hall–Kier alpha value is -1.85. The van der Waals surface area contributed by atoms with E-state index in [0.717, 1.165) is 0 Å². The third-order valence-corrected chi connectivity index (χ3v) is 2.27. The highest BCUT2D eigenvalue weighted by Crippen LogP contribution is 2.11. The summed E-state index contributed by atoms with van der Waals surface area (Å²) in [6.07, 6.45) is 4.23. The quantitative estimate of drug-likeness (QED) is 0.291. The number of hydrogen-bond acceptors (Lipinski definition) is 6. The zero-order chi connectivity index (χ0) is 14.0. The van der Waals surface area contributed by atoms with Gasteiger partial charge in [0.05, 0.1) is 27.8 Å². The molecule has 0 saturated heterocycles. The first-order chi connectivity index (χ1) is 8.56. The van der Waals surface area contributed by atoms with Gasteiger partial charge in [-0.05, 0) is 12.8 Å². The van der Waals surface area contributed by atoms with Crippen LogP contribution in [0.1, 0.15) is 19.3 Å². The van der Waals surface area contributed by atoms with Gasteiger partial charge in [0.25, 0.3) is 0 Å². The van der Waals surface area contributed by atoms with Crippen molar-refractivity contribution in [3.05, 3.63) is 12.2 Å². The zero-order valence-electron chi connectivity index (χ0n) is 10.8. The third kappa shape index (κ3) is 6.03. The fraction of sp³-hybridized carbons (Fsp3) is 0.583. The summed E-state index contributed by atoms with van der Waals surface area (Å²) in [4.78, 5) is 33.4. The summed E-state index contributed by atoms with van der Waals surface area (Å²) in [5.74, 6) is -2.52. The van der Waals surface area contributed by atoms with E-state index in [1.165, 1.54) is 21.3 Å². The van der Waals surface area contributed by atoms with E-state index in [1.807, 2.05) is 0 Å². The molecule has 0 rings (SSSR count). The minimum absolute atomic E-state index is 0.164. The number of ether oxygens (including phenoxy) is 3. The molecule has 0 aliphatic carbocycles. The third-order valence-electron chi connectivity index (χ3n) is 2.27. The van der Waals surface area contributed by atoms with Crippen LogP contribution in [0, 0.1) is 5.92 Å². The second-order valence-corrected chi connectivity index (χ2v) is 3.43. The molecule has 0 saturated carbocycles. The zero-order valence-corrected chi connectivity index (χ0v) is 10.8. The summed E-state index contributed by atoms with van der Waals surface area (Å²) in [6.45, 7) is 0. The molecule has 0 spiro atoms. The maximum Gasteiger partial charge on any atom is 0.320 e. The molecule has 6 heteroatoms. The molecule has 0 heterocycles. The molecule has 102 valence electrons. The largest absolute Gasteiger partial charge is 0.469 e. The summed E-state index contributed by atoms with van der Waals surface area (Å²) in [5, 5.41) is 0. The Kier molecular flexibility index (Phi) is 8.26. The summed E-state index contributed by atoms with van der Waals surface area (Å²) in [6, 6.07) is 0. The van der Waals surface area contributed by atoms with Crippen LogP contribution in [0.25, 0.3) is 0 Å². The van der Waals surface area contributed by atoms with E-state index in [1.54, 1.807) is 12.2 Å². The SMILES string of the molecule is COC(=O)C/C=C/CCC(C(=O)OC)C(=O)OC. The number of allylic oxidation sites excluding steroid dienone is 1. The van der Waals surface area contributed by atoms with E-state index in [0.29, 0.717) is 6.42 Å². The Morgan fingerprint density at radius 2 is 1.50 bits per heavy atom. The molecule has 0 aliphatic rings. The van der Waals surface area contributed by atoms with E-state index >= 15 is 0 Å². The maximum absolute atomic E-state index is 11.3. The van der Waals surface area contributed by atoms with Crippen molar-refractivity contribution in [3.63, 3.8) is 0 Å². The van der Waals surface area contributed by atoms with Crippen molar-refractivity contribution in [1.29, 1.82) is 0 Å². The van der Waals surface area contributed by atoms with Gasteiger partial charge in [-0.3, -0.25) is 14.4 Å². The number of carbonyl (C=O) groups excluding carboxylic acids is 3. The van der Waals surface area contributed by atoms with Gasteiger partial charge in [-0.15, -0.1) is 0 Å². The number of methoxy groups -OCH3 is 3. The van der Waals surface area contributed by atoms with E-state index in [4.69, 9.17) is 0 Å². The highest BCUT2D eigenvalue weighted by atomic mass is 16.5. The van der Waals surface area contributed by atoms with Crippen molar-refractivity contribution in [3.8, 4) is 0 Å². The van der Waals surface area contributed by atoms with Gasteiger partial charge in [0.15, 0.2) is 5.92 Å².